The number of aromatic nitrogens is 1. The second-order valence-electron chi connectivity index (χ2n) is 9.55. The topological polar surface area (TPSA) is 39.7 Å². The first-order chi connectivity index (χ1) is 15.6. The van der Waals surface area contributed by atoms with Crippen molar-refractivity contribution >= 4 is 17.4 Å². The molecule has 1 amide bonds. The van der Waals surface area contributed by atoms with Crippen LogP contribution in [-0.2, 0) is 4.79 Å². The van der Waals surface area contributed by atoms with E-state index in [-0.39, 0.29) is 11.8 Å². The molecule has 1 aromatic carbocycles. The molecular weight excluding hydrogens is 396 g/mol. The quantitative estimate of drug-likeness (QED) is 0.619. The number of benzene rings is 1. The van der Waals surface area contributed by atoms with E-state index < -0.39 is 0 Å². The molecule has 0 radical (unpaired) electrons. The second kappa shape index (κ2) is 11.0. The fourth-order valence-electron chi connectivity index (χ4n) is 5.14. The molecule has 4 rings (SSSR count). The summed E-state index contributed by atoms with van der Waals surface area (Å²) in [6.07, 6.45) is 7.45. The normalized spacial score (nSPS) is 18.2. The predicted octanol–water partition coefficient (Wildman–Crippen LogP) is 4.94. The van der Waals surface area contributed by atoms with Gasteiger partial charge in [-0.3, -0.25) is 14.6 Å². The first-order valence-corrected chi connectivity index (χ1v) is 12.4. The average Bonchev–Trinajstić information content (AvgIpc) is 2.85. The van der Waals surface area contributed by atoms with Crippen molar-refractivity contribution in [1.82, 2.24) is 9.88 Å². The molecule has 1 saturated carbocycles. The van der Waals surface area contributed by atoms with Crippen LogP contribution in [0.15, 0.2) is 48.7 Å². The maximum Gasteiger partial charge on any atom is 0.231 e. The molecule has 5 heteroatoms. The largest absolute Gasteiger partial charge is 0.369 e. The van der Waals surface area contributed by atoms with Gasteiger partial charge in [-0.15, -0.1) is 0 Å². The molecule has 0 atom stereocenters. The first kappa shape index (κ1) is 22.8. The molecule has 2 aromatic rings. The van der Waals surface area contributed by atoms with Crippen LogP contribution in [-0.4, -0.2) is 55.1 Å². The van der Waals surface area contributed by atoms with Gasteiger partial charge in [-0.1, -0.05) is 57.4 Å². The Kier molecular flexibility index (Phi) is 7.80. The number of nitrogens with zero attached hydrogens (tertiary/aromatic N) is 4. The van der Waals surface area contributed by atoms with Gasteiger partial charge in [-0.25, -0.2) is 4.98 Å². The van der Waals surface area contributed by atoms with Gasteiger partial charge < -0.3 is 4.90 Å². The molecule has 1 aliphatic heterocycles. The van der Waals surface area contributed by atoms with Crippen molar-refractivity contribution in [3.05, 3.63) is 54.2 Å². The molecule has 0 N–H and O–H groups in total. The van der Waals surface area contributed by atoms with Crippen molar-refractivity contribution < 1.29 is 4.79 Å². The minimum atomic E-state index is 0.162. The molecule has 32 heavy (non-hydrogen) atoms. The Balaban J connectivity index is 1.37. The van der Waals surface area contributed by atoms with E-state index in [4.69, 9.17) is 0 Å². The lowest BCUT2D eigenvalue weighted by Crippen LogP contribution is -2.50. The number of amides is 1. The zero-order valence-corrected chi connectivity index (χ0v) is 19.7. The number of carbonyl (C=O) groups excluding carboxylic acids is 1. The van der Waals surface area contributed by atoms with Crippen molar-refractivity contribution in [3.8, 4) is 0 Å². The van der Waals surface area contributed by atoms with Gasteiger partial charge in [0, 0.05) is 57.1 Å². The summed E-state index contributed by atoms with van der Waals surface area (Å²) in [4.78, 5) is 24.9. The van der Waals surface area contributed by atoms with Gasteiger partial charge in [-0.05, 0) is 42.5 Å². The van der Waals surface area contributed by atoms with Crippen LogP contribution in [0, 0.1) is 5.92 Å². The highest BCUT2D eigenvalue weighted by atomic mass is 16.2. The monoisotopic (exact) mass is 434 g/mol. The van der Waals surface area contributed by atoms with Gasteiger partial charge in [0.2, 0.25) is 5.91 Å². The van der Waals surface area contributed by atoms with E-state index in [9.17, 15) is 4.79 Å². The Morgan fingerprint density at radius 2 is 1.72 bits per heavy atom. The molecule has 1 aromatic heterocycles. The van der Waals surface area contributed by atoms with Gasteiger partial charge in [0.1, 0.15) is 5.82 Å². The summed E-state index contributed by atoms with van der Waals surface area (Å²) >= 11 is 0. The highest BCUT2D eigenvalue weighted by Crippen LogP contribution is 2.29. The molecule has 2 heterocycles. The van der Waals surface area contributed by atoms with E-state index in [0.717, 1.165) is 57.9 Å². The Morgan fingerprint density at radius 3 is 2.41 bits per heavy atom. The van der Waals surface area contributed by atoms with Crippen molar-refractivity contribution in [1.29, 1.82) is 0 Å². The summed E-state index contributed by atoms with van der Waals surface area (Å²) in [6.45, 7) is 10.3. The van der Waals surface area contributed by atoms with E-state index >= 15 is 0 Å². The Hall–Kier alpha value is -2.40. The summed E-state index contributed by atoms with van der Waals surface area (Å²) in [5.41, 5.74) is 2.81. The van der Waals surface area contributed by atoms with Gasteiger partial charge in [-0.2, -0.15) is 0 Å². The predicted molar refractivity (Wildman–Crippen MR) is 132 cm³/mol. The lowest BCUT2D eigenvalue weighted by atomic mass is 9.88. The smallest absolute Gasteiger partial charge is 0.231 e. The number of rotatable bonds is 7. The maximum atomic E-state index is 13.4. The van der Waals surface area contributed by atoms with Crippen molar-refractivity contribution in [3.63, 3.8) is 0 Å². The van der Waals surface area contributed by atoms with E-state index in [1.807, 2.05) is 23.1 Å². The summed E-state index contributed by atoms with van der Waals surface area (Å²) in [6, 6.07) is 14.7. The standard InChI is InChI=1S/C27H38N4O/c1-22(2)24-12-6-7-13-25(24)30-19-16-29(17-20-30)18-21-31(26-14-8-9-15-28-26)27(32)23-10-4-3-5-11-23/h6-9,12-15,22-23H,3-5,10-11,16-21H2,1-2H3. The molecule has 0 bridgehead atoms. The third-order valence-electron chi connectivity index (χ3n) is 7.06. The van der Waals surface area contributed by atoms with Gasteiger partial charge in [0.25, 0.3) is 0 Å². The maximum absolute atomic E-state index is 13.4. The SMILES string of the molecule is CC(C)c1ccccc1N1CCN(CCN(C(=O)C2CCCCC2)c2ccccn2)CC1. The lowest BCUT2D eigenvalue weighted by Gasteiger charge is -2.38. The molecule has 5 nitrogen and oxygen atoms in total. The minimum Gasteiger partial charge on any atom is -0.369 e. The van der Waals surface area contributed by atoms with Crippen molar-refractivity contribution in [2.75, 3.05) is 49.1 Å². The van der Waals surface area contributed by atoms with Crippen LogP contribution in [0.2, 0.25) is 0 Å². The van der Waals surface area contributed by atoms with Crippen LogP contribution in [0.1, 0.15) is 57.4 Å². The number of pyridine rings is 1. The highest BCUT2D eigenvalue weighted by Gasteiger charge is 2.28. The highest BCUT2D eigenvalue weighted by molar-refractivity contribution is 5.94. The van der Waals surface area contributed by atoms with E-state index in [1.54, 1.807) is 6.20 Å². The van der Waals surface area contributed by atoms with E-state index in [2.05, 4.69) is 52.9 Å². The van der Waals surface area contributed by atoms with Crippen LogP contribution >= 0.6 is 0 Å². The Labute approximate surface area is 193 Å². The second-order valence-corrected chi connectivity index (χ2v) is 9.55. The number of hydrogen-bond acceptors (Lipinski definition) is 4. The Bertz CT molecular complexity index is 855. The zero-order chi connectivity index (χ0) is 22.3. The number of piperazine rings is 1. The lowest BCUT2D eigenvalue weighted by molar-refractivity contribution is -0.123. The van der Waals surface area contributed by atoms with Gasteiger partial charge in [0.05, 0.1) is 0 Å². The summed E-state index contributed by atoms with van der Waals surface area (Å²) in [7, 11) is 0. The average molecular weight is 435 g/mol. The van der Waals surface area contributed by atoms with Crippen LogP contribution in [0.4, 0.5) is 11.5 Å². The van der Waals surface area contributed by atoms with Gasteiger partial charge in [0.15, 0.2) is 0 Å². The third-order valence-corrected chi connectivity index (χ3v) is 7.06. The number of hydrogen-bond donors (Lipinski definition) is 0. The molecule has 2 fully saturated rings. The first-order valence-electron chi connectivity index (χ1n) is 12.4. The molecule has 172 valence electrons. The van der Waals surface area contributed by atoms with E-state index in [1.165, 1.54) is 30.5 Å². The molecule has 2 aliphatic rings. The fraction of sp³-hybridized carbons (Fsp3) is 0.556. The third kappa shape index (κ3) is 5.50. The van der Waals surface area contributed by atoms with E-state index in [0.29, 0.717) is 5.92 Å². The zero-order valence-electron chi connectivity index (χ0n) is 19.7. The number of para-hydroxylation sites is 1. The summed E-state index contributed by atoms with van der Waals surface area (Å²) in [5.74, 6) is 1.76. The molecule has 0 spiro atoms. The molecule has 0 unspecified atom stereocenters. The molecular formula is C27H38N4O. The number of carbonyl (C=O) groups is 1. The fourth-order valence-corrected chi connectivity index (χ4v) is 5.14. The summed E-state index contributed by atoms with van der Waals surface area (Å²) < 4.78 is 0. The summed E-state index contributed by atoms with van der Waals surface area (Å²) in [5, 5.41) is 0. The minimum absolute atomic E-state index is 0.162. The van der Waals surface area contributed by atoms with Crippen LogP contribution in [0.25, 0.3) is 0 Å². The van der Waals surface area contributed by atoms with Crippen LogP contribution in [0.3, 0.4) is 0 Å². The van der Waals surface area contributed by atoms with Crippen LogP contribution in [0.5, 0.6) is 0 Å². The molecule has 1 aliphatic carbocycles. The Morgan fingerprint density at radius 1 is 1.00 bits per heavy atom. The van der Waals surface area contributed by atoms with Gasteiger partial charge >= 0.3 is 0 Å². The van der Waals surface area contributed by atoms with Crippen molar-refractivity contribution in [2.45, 2.75) is 51.9 Å². The van der Waals surface area contributed by atoms with Crippen LogP contribution < -0.4 is 9.80 Å². The van der Waals surface area contributed by atoms with Crippen molar-refractivity contribution in [2.24, 2.45) is 5.92 Å². The molecule has 1 saturated heterocycles. The number of anilines is 2.